The molecule has 1 atom stereocenters. The topological polar surface area (TPSA) is 81.8 Å². The summed E-state index contributed by atoms with van der Waals surface area (Å²) in [7, 11) is 0. The fraction of sp³-hybridized carbons (Fsp3) is 0.400. The van der Waals surface area contributed by atoms with Gasteiger partial charge in [0.15, 0.2) is 0 Å². The largest absolute Gasteiger partial charge is 0.344 e. The number of nitrogens with one attached hydrogen (secondary N) is 2. The summed E-state index contributed by atoms with van der Waals surface area (Å²) in [6, 6.07) is 14.0. The molecule has 4 amide bonds. The zero-order valence-electron chi connectivity index (χ0n) is 19.3. The number of hydrogen-bond acceptors (Lipinski definition) is 3. The van der Waals surface area contributed by atoms with Crippen molar-refractivity contribution in [3.8, 4) is 0 Å². The van der Waals surface area contributed by atoms with Crippen LogP contribution < -0.4 is 10.6 Å². The van der Waals surface area contributed by atoms with Crippen LogP contribution in [0, 0.1) is 12.8 Å². The van der Waals surface area contributed by atoms with Crippen molar-refractivity contribution in [2.75, 3.05) is 31.5 Å². The van der Waals surface area contributed by atoms with Gasteiger partial charge in [0.1, 0.15) is 6.04 Å². The SMILES string of the molecule is Cc1ccc(NC(=O)N2CCN(C(=O)C(NC(=O)Cc3ccccc3)C(C)C)CC2)cc1Cl. The summed E-state index contributed by atoms with van der Waals surface area (Å²) in [6.45, 7) is 7.40. The van der Waals surface area contributed by atoms with Crippen molar-refractivity contribution in [3.05, 3.63) is 64.7 Å². The third-order valence-electron chi connectivity index (χ3n) is 5.76. The summed E-state index contributed by atoms with van der Waals surface area (Å²) in [5, 5.41) is 6.35. The van der Waals surface area contributed by atoms with Gasteiger partial charge >= 0.3 is 6.03 Å². The fourth-order valence-electron chi connectivity index (χ4n) is 3.72. The zero-order chi connectivity index (χ0) is 24.0. The minimum atomic E-state index is -0.601. The number of carbonyl (C=O) groups is 3. The van der Waals surface area contributed by atoms with E-state index in [1.165, 1.54) is 0 Å². The van der Waals surface area contributed by atoms with Crippen LogP contribution in [0.1, 0.15) is 25.0 Å². The highest BCUT2D eigenvalue weighted by Crippen LogP contribution is 2.20. The molecular weight excluding hydrogens is 440 g/mol. The van der Waals surface area contributed by atoms with E-state index < -0.39 is 6.04 Å². The molecule has 176 valence electrons. The van der Waals surface area contributed by atoms with Gasteiger partial charge in [0, 0.05) is 36.9 Å². The van der Waals surface area contributed by atoms with E-state index in [1.54, 1.807) is 15.9 Å². The van der Waals surface area contributed by atoms with Crippen molar-refractivity contribution < 1.29 is 14.4 Å². The molecule has 0 radical (unpaired) electrons. The van der Waals surface area contributed by atoms with E-state index in [0.717, 1.165) is 11.1 Å². The van der Waals surface area contributed by atoms with Crippen LogP contribution in [0.5, 0.6) is 0 Å². The first-order chi connectivity index (χ1) is 15.7. The molecule has 2 N–H and O–H groups in total. The lowest BCUT2D eigenvalue weighted by Gasteiger charge is -2.37. The highest BCUT2D eigenvalue weighted by molar-refractivity contribution is 6.31. The van der Waals surface area contributed by atoms with Gasteiger partial charge < -0.3 is 20.4 Å². The quantitative estimate of drug-likeness (QED) is 0.675. The molecule has 8 heteroatoms. The van der Waals surface area contributed by atoms with E-state index in [4.69, 9.17) is 11.6 Å². The maximum atomic E-state index is 13.1. The third-order valence-corrected chi connectivity index (χ3v) is 6.17. The lowest BCUT2D eigenvalue weighted by molar-refractivity contribution is -0.138. The van der Waals surface area contributed by atoms with E-state index in [1.807, 2.05) is 63.2 Å². The number of aryl methyl sites for hydroxylation is 1. The standard InChI is InChI=1S/C25H31ClN4O3/c1-17(2)23(28-22(31)15-19-7-5-4-6-8-19)24(32)29-11-13-30(14-12-29)25(33)27-20-10-9-18(3)21(26)16-20/h4-10,16-17,23H,11-15H2,1-3H3,(H,27,33)(H,28,31). The number of nitrogens with zero attached hydrogens (tertiary/aromatic N) is 2. The van der Waals surface area contributed by atoms with Crippen molar-refractivity contribution in [3.63, 3.8) is 0 Å². The summed E-state index contributed by atoms with van der Waals surface area (Å²) < 4.78 is 0. The van der Waals surface area contributed by atoms with Crippen LogP contribution in [-0.2, 0) is 16.0 Å². The van der Waals surface area contributed by atoms with Crippen LogP contribution in [-0.4, -0.2) is 59.9 Å². The number of urea groups is 1. The monoisotopic (exact) mass is 470 g/mol. The molecule has 1 aliphatic heterocycles. The second-order valence-electron chi connectivity index (χ2n) is 8.66. The van der Waals surface area contributed by atoms with E-state index >= 15 is 0 Å². The summed E-state index contributed by atoms with van der Waals surface area (Å²) in [5.74, 6) is -0.343. The van der Waals surface area contributed by atoms with Gasteiger partial charge in [0.05, 0.1) is 6.42 Å². The number of piperazine rings is 1. The van der Waals surface area contributed by atoms with E-state index in [9.17, 15) is 14.4 Å². The lowest BCUT2D eigenvalue weighted by atomic mass is 10.0. The Morgan fingerprint density at radius 1 is 0.970 bits per heavy atom. The third kappa shape index (κ3) is 6.71. The number of rotatable bonds is 6. The van der Waals surface area contributed by atoms with Crippen molar-refractivity contribution in [1.29, 1.82) is 0 Å². The Morgan fingerprint density at radius 3 is 2.21 bits per heavy atom. The second kappa shape index (κ2) is 11.2. The highest BCUT2D eigenvalue weighted by Gasteiger charge is 2.31. The molecular formula is C25H31ClN4O3. The van der Waals surface area contributed by atoms with Crippen LogP contribution in [0.25, 0.3) is 0 Å². The molecule has 1 unspecified atom stereocenters. The molecule has 3 rings (SSSR count). The zero-order valence-corrected chi connectivity index (χ0v) is 20.1. The van der Waals surface area contributed by atoms with Crippen LogP contribution in [0.15, 0.2) is 48.5 Å². The Morgan fingerprint density at radius 2 is 1.61 bits per heavy atom. The molecule has 1 saturated heterocycles. The van der Waals surface area contributed by atoms with Gasteiger partial charge in [0.2, 0.25) is 11.8 Å². The van der Waals surface area contributed by atoms with E-state index in [-0.39, 0.29) is 30.2 Å². The molecule has 7 nitrogen and oxygen atoms in total. The van der Waals surface area contributed by atoms with Gasteiger partial charge in [-0.15, -0.1) is 0 Å². The first kappa shape index (κ1) is 24.6. The minimum absolute atomic E-state index is 0.0511. The Labute approximate surface area is 200 Å². The lowest BCUT2D eigenvalue weighted by Crippen LogP contribution is -2.57. The van der Waals surface area contributed by atoms with E-state index in [2.05, 4.69) is 10.6 Å². The summed E-state index contributed by atoms with van der Waals surface area (Å²) in [5.41, 5.74) is 2.48. The molecule has 2 aromatic carbocycles. The summed E-state index contributed by atoms with van der Waals surface area (Å²) in [4.78, 5) is 41.7. The smallest absolute Gasteiger partial charge is 0.321 e. The molecule has 33 heavy (non-hydrogen) atoms. The Hall–Kier alpha value is -3.06. The molecule has 1 fully saturated rings. The number of anilines is 1. The predicted octanol–water partition coefficient (Wildman–Crippen LogP) is 3.71. The maximum absolute atomic E-state index is 13.1. The molecule has 0 saturated carbocycles. The number of hydrogen-bond donors (Lipinski definition) is 2. The number of carbonyl (C=O) groups excluding carboxylic acids is 3. The van der Waals surface area contributed by atoms with Crippen LogP contribution in [0.4, 0.5) is 10.5 Å². The maximum Gasteiger partial charge on any atom is 0.321 e. The van der Waals surface area contributed by atoms with Gasteiger partial charge in [-0.1, -0.05) is 61.8 Å². The molecule has 2 aromatic rings. The van der Waals surface area contributed by atoms with Crippen LogP contribution >= 0.6 is 11.6 Å². The second-order valence-corrected chi connectivity index (χ2v) is 9.07. The Bertz CT molecular complexity index is 988. The predicted molar refractivity (Wildman–Crippen MR) is 130 cm³/mol. The first-order valence-electron chi connectivity index (χ1n) is 11.2. The highest BCUT2D eigenvalue weighted by atomic mass is 35.5. The molecule has 1 heterocycles. The normalized spacial score (nSPS) is 14.7. The average molecular weight is 471 g/mol. The fourth-order valence-corrected chi connectivity index (χ4v) is 3.90. The Kier molecular flexibility index (Phi) is 8.33. The Balaban J connectivity index is 1.53. The van der Waals surface area contributed by atoms with Crippen molar-refractivity contribution in [1.82, 2.24) is 15.1 Å². The number of amides is 4. The van der Waals surface area contributed by atoms with Crippen molar-refractivity contribution in [2.45, 2.75) is 33.2 Å². The van der Waals surface area contributed by atoms with Crippen molar-refractivity contribution in [2.24, 2.45) is 5.92 Å². The summed E-state index contributed by atoms with van der Waals surface area (Å²) in [6.07, 6.45) is 0.230. The van der Waals surface area contributed by atoms with Gasteiger partial charge in [-0.25, -0.2) is 4.79 Å². The van der Waals surface area contributed by atoms with Gasteiger partial charge in [-0.2, -0.15) is 0 Å². The van der Waals surface area contributed by atoms with Gasteiger partial charge in [0.25, 0.3) is 0 Å². The van der Waals surface area contributed by atoms with Crippen molar-refractivity contribution >= 4 is 35.1 Å². The molecule has 0 aliphatic carbocycles. The van der Waals surface area contributed by atoms with Crippen LogP contribution in [0.3, 0.4) is 0 Å². The minimum Gasteiger partial charge on any atom is -0.344 e. The van der Waals surface area contributed by atoms with Gasteiger partial charge in [-0.3, -0.25) is 9.59 Å². The first-order valence-corrected chi connectivity index (χ1v) is 11.6. The van der Waals surface area contributed by atoms with Crippen LogP contribution in [0.2, 0.25) is 5.02 Å². The number of halogens is 1. The molecule has 1 aliphatic rings. The van der Waals surface area contributed by atoms with E-state index in [0.29, 0.717) is 36.9 Å². The summed E-state index contributed by atoms with van der Waals surface area (Å²) >= 11 is 6.13. The molecule has 0 bridgehead atoms. The van der Waals surface area contributed by atoms with Gasteiger partial charge in [-0.05, 0) is 36.1 Å². The average Bonchev–Trinajstić information content (AvgIpc) is 2.80. The molecule has 0 spiro atoms. The number of benzene rings is 2. The molecule has 0 aromatic heterocycles.